The lowest BCUT2D eigenvalue weighted by molar-refractivity contribution is 0.0536. The van der Waals surface area contributed by atoms with E-state index < -0.39 is 24.3 Å². The first-order valence-corrected chi connectivity index (χ1v) is 13.1. The van der Waals surface area contributed by atoms with Crippen molar-refractivity contribution < 1.29 is 23.7 Å². The third-order valence-corrected chi connectivity index (χ3v) is 7.11. The molecule has 4 rings (SSSR count). The summed E-state index contributed by atoms with van der Waals surface area (Å²) in [4.78, 5) is 8.69. The molecule has 0 aliphatic heterocycles. The molecule has 5 N–H and O–H groups in total. The van der Waals surface area contributed by atoms with Gasteiger partial charge in [0.15, 0.2) is 5.13 Å². The zero-order valence-corrected chi connectivity index (χ0v) is 21.7. The number of nitriles is 2. The third-order valence-electron chi connectivity index (χ3n) is 5.29. The normalized spacial score (nSPS) is 11.4. The molecular weight excluding hydrogens is 546 g/mol. The SMILES string of the molecule is N#Cc1c(N)nc(SCc2csc(Nc3ccc(F)cc3F)n2)c(C#N)c1-c1ccc(OC[C@@H](O)CO)cc1. The number of nitrogens with two attached hydrogens (primary N) is 1. The molecule has 0 saturated carbocycles. The van der Waals surface area contributed by atoms with Crippen LogP contribution in [0.4, 0.5) is 25.4 Å². The molecule has 9 nitrogen and oxygen atoms in total. The molecule has 2 aromatic carbocycles. The van der Waals surface area contributed by atoms with Crippen molar-refractivity contribution in [3.05, 3.63) is 76.3 Å². The van der Waals surface area contributed by atoms with Gasteiger partial charge in [0.2, 0.25) is 0 Å². The van der Waals surface area contributed by atoms with Crippen LogP contribution in [0.2, 0.25) is 0 Å². The van der Waals surface area contributed by atoms with Gasteiger partial charge in [0.25, 0.3) is 0 Å². The summed E-state index contributed by atoms with van der Waals surface area (Å²) in [6, 6.07) is 13.9. The van der Waals surface area contributed by atoms with Crippen molar-refractivity contribution >= 4 is 39.7 Å². The molecule has 0 bridgehead atoms. The molecular formula is C26H20F2N6O3S2. The Kier molecular flexibility index (Phi) is 8.91. The molecule has 2 aromatic heterocycles. The van der Waals surface area contributed by atoms with Gasteiger partial charge in [-0.1, -0.05) is 23.9 Å². The summed E-state index contributed by atoms with van der Waals surface area (Å²) in [5.74, 6) is -0.734. The zero-order valence-electron chi connectivity index (χ0n) is 20.1. The molecule has 0 amide bonds. The molecule has 1 atom stereocenters. The highest BCUT2D eigenvalue weighted by Gasteiger charge is 2.21. The van der Waals surface area contributed by atoms with Crippen molar-refractivity contribution in [3.8, 4) is 29.0 Å². The number of rotatable bonds is 10. The fourth-order valence-corrected chi connectivity index (χ4v) is 5.15. The topological polar surface area (TPSA) is 161 Å². The maximum atomic E-state index is 14.0. The van der Waals surface area contributed by atoms with E-state index in [2.05, 4.69) is 21.4 Å². The van der Waals surface area contributed by atoms with E-state index in [0.717, 1.165) is 12.1 Å². The summed E-state index contributed by atoms with van der Waals surface area (Å²) in [6.45, 7) is -0.532. The third kappa shape index (κ3) is 6.60. The minimum absolute atomic E-state index is 0.0344. The molecule has 39 heavy (non-hydrogen) atoms. The number of ether oxygens (including phenoxy) is 1. The van der Waals surface area contributed by atoms with Gasteiger partial charge in [-0.3, -0.25) is 0 Å². The van der Waals surface area contributed by atoms with Crippen LogP contribution in [0, 0.1) is 34.3 Å². The second-order valence-corrected chi connectivity index (χ2v) is 9.83. The monoisotopic (exact) mass is 566 g/mol. The Bertz CT molecular complexity index is 1570. The van der Waals surface area contributed by atoms with Gasteiger partial charge in [0.1, 0.15) is 58.6 Å². The summed E-state index contributed by atoms with van der Waals surface area (Å²) in [7, 11) is 0. The molecule has 13 heteroatoms. The lowest BCUT2D eigenvalue weighted by Gasteiger charge is -2.14. The number of thioether (sulfide) groups is 1. The molecule has 4 aromatic rings. The first kappa shape index (κ1) is 27.8. The van der Waals surface area contributed by atoms with Crippen molar-refractivity contribution in [2.24, 2.45) is 0 Å². The largest absolute Gasteiger partial charge is 0.491 e. The van der Waals surface area contributed by atoms with Crippen LogP contribution in [0.25, 0.3) is 11.1 Å². The smallest absolute Gasteiger partial charge is 0.187 e. The van der Waals surface area contributed by atoms with Gasteiger partial charge in [-0.15, -0.1) is 11.3 Å². The van der Waals surface area contributed by atoms with Crippen LogP contribution in [-0.4, -0.2) is 39.5 Å². The van der Waals surface area contributed by atoms with E-state index in [9.17, 15) is 24.4 Å². The second kappa shape index (κ2) is 12.5. The van der Waals surface area contributed by atoms with E-state index in [0.29, 0.717) is 38.5 Å². The van der Waals surface area contributed by atoms with Crippen LogP contribution < -0.4 is 15.8 Å². The highest BCUT2D eigenvalue weighted by atomic mass is 32.2. The number of hydrogen-bond donors (Lipinski definition) is 4. The van der Waals surface area contributed by atoms with Gasteiger partial charge in [-0.25, -0.2) is 18.7 Å². The molecule has 0 unspecified atom stereocenters. The van der Waals surface area contributed by atoms with Gasteiger partial charge in [0, 0.05) is 22.8 Å². The minimum atomic E-state index is -1.02. The lowest BCUT2D eigenvalue weighted by atomic mass is 9.97. The predicted molar refractivity (Wildman–Crippen MR) is 143 cm³/mol. The van der Waals surface area contributed by atoms with E-state index >= 15 is 0 Å². The first-order chi connectivity index (χ1) is 18.8. The molecule has 2 heterocycles. The van der Waals surface area contributed by atoms with E-state index in [1.807, 2.05) is 6.07 Å². The average Bonchev–Trinajstić information content (AvgIpc) is 3.39. The van der Waals surface area contributed by atoms with Crippen LogP contribution in [-0.2, 0) is 5.75 Å². The fourth-order valence-electron chi connectivity index (χ4n) is 3.43. The Hall–Kier alpha value is -4.27. The summed E-state index contributed by atoms with van der Waals surface area (Å²) in [5, 5.41) is 43.4. The Morgan fingerprint density at radius 2 is 1.85 bits per heavy atom. The number of hydrogen-bond acceptors (Lipinski definition) is 11. The van der Waals surface area contributed by atoms with Crippen molar-refractivity contribution in [1.82, 2.24) is 9.97 Å². The molecule has 0 aliphatic rings. The summed E-state index contributed by atoms with van der Waals surface area (Å²) >= 11 is 2.43. The van der Waals surface area contributed by atoms with Crippen LogP contribution in [0.5, 0.6) is 5.75 Å². The molecule has 0 saturated heterocycles. The molecule has 198 valence electrons. The minimum Gasteiger partial charge on any atom is -0.491 e. The zero-order chi connectivity index (χ0) is 27.9. The summed E-state index contributed by atoms with van der Waals surface area (Å²) in [5.41, 5.74) is 7.88. The van der Waals surface area contributed by atoms with Crippen molar-refractivity contribution in [2.75, 3.05) is 24.3 Å². The van der Waals surface area contributed by atoms with E-state index in [1.165, 1.54) is 29.2 Å². The predicted octanol–water partition coefficient (Wildman–Crippen LogP) is 4.58. The summed E-state index contributed by atoms with van der Waals surface area (Å²) < 4.78 is 32.5. The number of halogens is 2. The number of anilines is 3. The van der Waals surface area contributed by atoms with Crippen LogP contribution in [0.3, 0.4) is 0 Å². The van der Waals surface area contributed by atoms with Crippen LogP contribution in [0.15, 0.2) is 52.9 Å². The van der Waals surface area contributed by atoms with E-state index in [1.54, 1.807) is 29.6 Å². The number of nitrogen functional groups attached to an aromatic ring is 1. The first-order valence-electron chi connectivity index (χ1n) is 11.3. The Labute approximate surface area is 230 Å². The van der Waals surface area contributed by atoms with Crippen molar-refractivity contribution in [1.29, 1.82) is 10.5 Å². The number of thiazole rings is 1. The van der Waals surface area contributed by atoms with Crippen LogP contribution >= 0.6 is 23.1 Å². The number of nitrogens with one attached hydrogen (secondary N) is 1. The van der Waals surface area contributed by atoms with Crippen molar-refractivity contribution in [2.45, 2.75) is 16.9 Å². The molecule has 0 radical (unpaired) electrons. The van der Waals surface area contributed by atoms with Gasteiger partial charge in [-0.2, -0.15) is 10.5 Å². The molecule has 0 aliphatic carbocycles. The van der Waals surface area contributed by atoms with E-state index in [-0.39, 0.29) is 29.2 Å². The van der Waals surface area contributed by atoms with Gasteiger partial charge in [0.05, 0.1) is 23.6 Å². The number of aromatic nitrogens is 2. The number of aliphatic hydroxyl groups is 2. The van der Waals surface area contributed by atoms with E-state index in [4.69, 9.17) is 15.6 Å². The number of nitrogens with zero attached hydrogens (tertiary/aromatic N) is 4. The Balaban J connectivity index is 1.56. The molecule has 0 fully saturated rings. The van der Waals surface area contributed by atoms with Gasteiger partial charge in [-0.05, 0) is 29.8 Å². The number of pyridine rings is 1. The highest BCUT2D eigenvalue weighted by molar-refractivity contribution is 7.98. The quantitative estimate of drug-likeness (QED) is 0.200. The maximum absolute atomic E-state index is 14.0. The summed E-state index contributed by atoms with van der Waals surface area (Å²) in [6.07, 6.45) is -1.02. The fraction of sp³-hybridized carbons (Fsp3) is 0.154. The van der Waals surface area contributed by atoms with Crippen molar-refractivity contribution in [3.63, 3.8) is 0 Å². The standard InChI is InChI=1S/C26H20F2N6O3S2/c27-15-3-6-22(21(28)7-15)33-26-32-16(13-39-26)12-38-25-20(9-30)23(19(8-29)24(31)34-25)14-1-4-18(5-2-14)37-11-17(36)10-35/h1-7,13,17,35-36H,10-12H2,(H2,31,34)(H,32,33)/t17-/m0/s1. The maximum Gasteiger partial charge on any atom is 0.187 e. The molecule has 0 spiro atoms. The lowest BCUT2D eigenvalue weighted by Crippen LogP contribution is -2.21. The highest BCUT2D eigenvalue weighted by Crippen LogP contribution is 2.37. The van der Waals surface area contributed by atoms with Crippen LogP contribution in [0.1, 0.15) is 16.8 Å². The van der Waals surface area contributed by atoms with Gasteiger partial charge < -0.3 is 26.0 Å². The Morgan fingerprint density at radius 3 is 2.51 bits per heavy atom. The second-order valence-electron chi connectivity index (χ2n) is 8.00. The number of aliphatic hydroxyl groups excluding tert-OH is 2. The Morgan fingerprint density at radius 1 is 1.10 bits per heavy atom. The van der Waals surface area contributed by atoms with Gasteiger partial charge >= 0.3 is 0 Å². The average molecular weight is 567 g/mol. The number of benzene rings is 2.